The smallest absolute Gasteiger partial charge is 0.254 e. The largest absolute Gasteiger partial charge is 0.337 e. The van der Waals surface area contributed by atoms with Crippen molar-refractivity contribution in [3.8, 4) is 0 Å². The molecule has 0 spiro atoms. The molecule has 0 saturated heterocycles. The average Bonchev–Trinajstić information content (AvgIpc) is 2.73. The van der Waals surface area contributed by atoms with E-state index in [-0.39, 0.29) is 5.91 Å². The lowest BCUT2D eigenvalue weighted by Crippen LogP contribution is -2.17. The molecule has 2 nitrogen and oxygen atoms in total. The number of benzene rings is 2. The summed E-state index contributed by atoms with van der Waals surface area (Å²) in [5.74, 6) is 0.143. The molecule has 2 aromatic carbocycles. The molecular formula is C17H17NO. The monoisotopic (exact) mass is 251 g/mol. The van der Waals surface area contributed by atoms with Gasteiger partial charge in [-0.25, -0.2) is 0 Å². The van der Waals surface area contributed by atoms with Crippen LogP contribution in [0.1, 0.15) is 27.0 Å². The van der Waals surface area contributed by atoms with E-state index in [1.807, 2.05) is 19.2 Å². The predicted octanol–water partition coefficient (Wildman–Crippen LogP) is 3.06. The van der Waals surface area contributed by atoms with Crippen molar-refractivity contribution in [3.63, 3.8) is 0 Å². The van der Waals surface area contributed by atoms with Crippen molar-refractivity contribution in [2.45, 2.75) is 19.4 Å². The van der Waals surface area contributed by atoms with Crippen molar-refractivity contribution in [2.75, 3.05) is 7.05 Å². The first-order chi connectivity index (χ1) is 9.24. The molecule has 0 saturated carbocycles. The molecule has 19 heavy (non-hydrogen) atoms. The minimum absolute atomic E-state index is 0.143. The standard InChI is InChI=1S/C17H17NO/c1-18-12-15-11-14(9-10-16(15)17(18)19)8-7-13-5-3-2-4-6-13/h2-6,9-11H,7-8,12H2,1H3. The quantitative estimate of drug-likeness (QED) is 0.821. The summed E-state index contributed by atoms with van der Waals surface area (Å²) in [7, 11) is 1.85. The van der Waals surface area contributed by atoms with E-state index in [9.17, 15) is 4.79 Å². The van der Waals surface area contributed by atoms with Gasteiger partial charge >= 0.3 is 0 Å². The molecule has 0 aliphatic carbocycles. The molecule has 2 heteroatoms. The molecule has 96 valence electrons. The maximum Gasteiger partial charge on any atom is 0.254 e. The van der Waals surface area contributed by atoms with Crippen LogP contribution < -0.4 is 0 Å². The molecule has 3 rings (SSSR count). The summed E-state index contributed by atoms with van der Waals surface area (Å²) in [6.07, 6.45) is 2.07. The van der Waals surface area contributed by atoms with E-state index in [0.717, 1.165) is 30.5 Å². The second-order valence-electron chi connectivity index (χ2n) is 5.14. The van der Waals surface area contributed by atoms with Gasteiger partial charge in [0.25, 0.3) is 5.91 Å². The van der Waals surface area contributed by atoms with Crippen LogP contribution in [-0.4, -0.2) is 17.9 Å². The van der Waals surface area contributed by atoms with Crippen LogP contribution in [0.2, 0.25) is 0 Å². The van der Waals surface area contributed by atoms with Gasteiger partial charge in [-0.05, 0) is 35.6 Å². The van der Waals surface area contributed by atoms with E-state index in [1.165, 1.54) is 11.1 Å². The van der Waals surface area contributed by atoms with Crippen LogP contribution in [-0.2, 0) is 19.4 Å². The molecular weight excluding hydrogens is 234 g/mol. The first kappa shape index (κ1) is 12.0. The van der Waals surface area contributed by atoms with Crippen molar-refractivity contribution in [3.05, 3.63) is 70.8 Å². The van der Waals surface area contributed by atoms with Crippen molar-refractivity contribution >= 4 is 5.91 Å². The first-order valence-electron chi connectivity index (χ1n) is 6.65. The summed E-state index contributed by atoms with van der Waals surface area (Å²) in [5.41, 5.74) is 4.70. The van der Waals surface area contributed by atoms with Crippen LogP contribution in [0.25, 0.3) is 0 Å². The Hall–Kier alpha value is -2.09. The summed E-state index contributed by atoms with van der Waals surface area (Å²) in [6, 6.07) is 16.7. The van der Waals surface area contributed by atoms with Crippen LogP contribution in [0.5, 0.6) is 0 Å². The third-order valence-electron chi connectivity index (χ3n) is 3.70. The van der Waals surface area contributed by atoms with Gasteiger partial charge in [0.05, 0.1) is 0 Å². The van der Waals surface area contributed by atoms with Gasteiger partial charge in [0.2, 0.25) is 0 Å². The fourth-order valence-corrected chi connectivity index (χ4v) is 2.61. The van der Waals surface area contributed by atoms with Crippen molar-refractivity contribution in [1.82, 2.24) is 4.90 Å². The minimum atomic E-state index is 0.143. The van der Waals surface area contributed by atoms with Crippen molar-refractivity contribution in [2.24, 2.45) is 0 Å². The van der Waals surface area contributed by atoms with Crippen molar-refractivity contribution in [1.29, 1.82) is 0 Å². The van der Waals surface area contributed by atoms with Gasteiger partial charge in [0, 0.05) is 19.2 Å². The van der Waals surface area contributed by atoms with Gasteiger partial charge in [-0.15, -0.1) is 0 Å². The van der Waals surface area contributed by atoms with E-state index in [0.29, 0.717) is 0 Å². The second kappa shape index (κ2) is 4.88. The Balaban J connectivity index is 1.74. The highest BCUT2D eigenvalue weighted by Gasteiger charge is 2.23. The zero-order chi connectivity index (χ0) is 13.2. The Labute approximate surface area is 113 Å². The fourth-order valence-electron chi connectivity index (χ4n) is 2.61. The normalized spacial score (nSPS) is 13.7. The molecule has 0 bridgehead atoms. The lowest BCUT2D eigenvalue weighted by Gasteiger charge is -2.05. The third kappa shape index (κ3) is 2.39. The molecule has 1 heterocycles. The van der Waals surface area contributed by atoms with Gasteiger partial charge in [-0.1, -0.05) is 42.5 Å². The number of amides is 1. The van der Waals surface area contributed by atoms with E-state index >= 15 is 0 Å². The van der Waals surface area contributed by atoms with E-state index in [4.69, 9.17) is 0 Å². The van der Waals surface area contributed by atoms with Gasteiger partial charge < -0.3 is 4.90 Å². The predicted molar refractivity (Wildman–Crippen MR) is 76.1 cm³/mol. The Morgan fingerprint density at radius 1 is 1.00 bits per heavy atom. The second-order valence-corrected chi connectivity index (χ2v) is 5.14. The Morgan fingerprint density at radius 2 is 1.74 bits per heavy atom. The maximum atomic E-state index is 11.8. The zero-order valence-electron chi connectivity index (χ0n) is 11.1. The van der Waals surface area contributed by atoms with Crippen LogP contribution in [0.4, 0.5) is 0 Å². The van der Waals surface area contributed by atoms with E-state index in [2.05, 4.69) is 36.4 Å². The summed E-state index contributed by atoms with van der Waals surface area (Å²) < 4.78 is 0. The number of fused-ring (bicyclic) bond motifs is 1. The molecule has 0 aromatic heterocycles. The number of carbonyl (C=O) groups is 1. The van der Waals surface area contributed by atoms with E-state index in [1.54, 1.807) is 4.90 Å². The SMILES string of the molecule is CN1Cc2cc(CCc3ccccc3)ccc2C1=O. The Kier molecular flexibility index (Phi) is 3.08. The Morgan fingerprint density at radius 3 is 2.53 bits per heavy atom. The highest BCUT2D eigenvalue weighted by Crippen LogP contribution is 2.23. The number of hydrogen-bond acceptors (Lipinski definition) is 1. The number of aryl methyl sites for hydroxylation is 2. The average molecular weight is 251 g/mol. The van der Waals surface area contributed by atoms with Gasteiger partial charge in [0.15, 0.2) is 0 Å². The summed E-state index contributed by atoms with van der Waals surface area (Å²) in [4.78, 5) is 13.6. The minimum Gasteiger partial charge on any atom is -0.337 e. The van der Waals surface area contributed by atoms with Gasteiger partial charge in [-0.2, -0.15) is 0 Å². The molecule has 1 aliphatic rings. The van der Waals surface area contributed by atoms with Gasteiger partial charge in [-0.3, -0.25) is 4.79 Å². The number of nitrogens with zero attached hydrogens (tertiary/aromatic N) is 1. The first-order valence-corrected chi connectivity index (χ1v) is 6.65. The van der Waals surface area contributed by atoms with Crippen LogP contribution in [0.15, 0.2) is 48.5 Å². The fraction of sp³-hybridized carbons (Fsp3) is 0.235. The zero-order valence-corrected chi connectivity index (χ0v) is 11.1. The molecule has 0 atom stereocenters. The third-order valence-corrected chi connectivity index (χ3v) is 3.70. The highest BCUT2D eigenvalue weighted by atomic mass is 16.2. The summed E-state index contributed by atoms with van der Waals surface area (Å²) in [6.45, 7) is 0.743. The lowest BCUT2D eigenvalue weighted by molar-refractivity contribution is 0.0816. The molecule has 1 amide bonds. The maximum absolute atomic E-state index is 11.8. The summed E-state index contributed by atoms with van der Waals surface area (Å²) >= 11 is 0. The Bertz CT molecular complexity index is 604. The molecule has 2 aromatic rings. The molecule has 1 aliphatic heterocycles. The number of carbonyl (C=O) groups excluding carboxylic acids is 1. The lowest BCUT2D eigenvalue weighted by atomic mass is 10.0. The van der Waals surface area contributed by atoms with Crippen LogP contribution in [0, 0.1) is 0 Å². The van der Waals surface area contributed by atoms with Gasteiger partial charge in [0.1, 0.15) is 0 Å². The molecule has 0 radical (unpaired) electrons. The van der Waals surface area contributed by atoms with Crippen LogP contribution >= 0.6 is 0 Å². The molecule has 0 fully saturated rings. The van der Waals surface area contributed by atoms with Crippen LogP contribution in [0.3, 0.4) is 0 Å². The summed E-state index contributed by atoms with van der Waals surface area (Å²) in [5, 5.41) is 0. The molecule has 0 unspecified atom stereocenters. The number of hydrogen-bond donors (Lipinski definition) is 0. The number of rotatable bonds is 3. The van der Waals surface area contributed by atoms with Crippen molar-refractivity contribution < 1.29 is 4.79 Å². The highest BCUT2D eigenvalue weighted by molar-refractivity contribution is 5.98. The molecule has 0 N–H and O–H groups in total. The topological polar surface area (TPSA) is 20.3 Å². The van der Waals surface area contributed by atoms with E-state index < -0.39 is 0 Å².